The number of carboxylic acids is 1. The fourth-order valence-corrected chi connectivity index (χ4v) is 3.88. The van der Waals surface area contributed by atoms with Crippen LogP contribution in [-0.2, 0) is 17.6 Å². The molecule has 5 N–H and O–H groups in total. The van der Waals surface area contributed by atoms with Crippen molar-refractivity contribution in [2.75, 3.05) is 19.6 Å². The molecule has 33 heavy (non-hydrogen) atoms. The van der Waals surface area contributed by atoms with Crippen LogP contribution in [0.4, 0.5) is 0 Å². The molecule has 1 aliphatic heterocycles. The van der Waals surface area contributed by atoms with Gasteiger partial charge in [0, 0.05) is 43.5 Å². The molecule has 2 aromatic heterocycles. The monoisotopic (exact) mass is 455 g/mol. The van der Waals surface area contributed by atoms with Crippen LogP contribution in [0.2, 0.25) is 0 Å². The van der Waals surface area contributed by atoms with Gasteiger partial charge < -0.3 is 30.2 Å². The highest BCUT2D eigenvalue weighted by Crippen LogP contribution is 2.20. The Morgan fingerprint density at radius 2 is 1.97 bits per heavy atom. The topological polar surface area (TPSA) is 145 Å². The summed E-state index contributed by atoms with van der Waals surface area (Å²) in [5.41, 5.74) is 1.18. The highest BCUT2D eigenvalue weighted by Gasteiger charge is 2.32. The SMILES string of the molecule is CC(=O)O.Cc1cc(CCc2c[nH]c3ccccc23)oc(=O)c1C(=O)NCC1(O)CCNC1. The van der Waals surface area contributed by atoms with Crippen LogP contribution < -0.4 is 16.3 Å². The van der Waals surface area contributed by atoms with Gasteiger partial charge in [0.05, 0.1) is 5.60 Å². The standard InChI is InChI=1S/C22H25N3O4.C2H4O2/c1-14-10-16(7-6-15-11-24-18-5-3-2-4-17(15)18)29-21(27)19(14)20(26)25-13-22(28)8-9-23-12-22;1-2(3)4/h2-5,10-11,23-24,28H,6-9,12-13H2,1H3,(H,25,26);1H3,(H,3,4). The van der Waals surface area contributed by atoms with E-state index in [0.717, 1.165) is 29.8 Å². The molecule has 1 unspecified atom stereocenters. The van der Waals surface area contributed by atoms with Crippen LogP contribution in [0.5, 0.6) is 0 Å². The number of hydrogen-bond donors (Lipinski definition) is 5. The number of H-pyrrole nitrogens is 1. The van der Waals surface area contributed by atoms with Crippen LogP contribution in [0.1, 0.15) is 40.6 Å². The van der Waals surface area contributed by atoms with E-state index in [2.05, 4.69) is 21.7 Å². The van der Waals surface area contributed by atoms with Gasteiger partial charge in [-0.2, -0.15) is 0 Å². The fourth-order valence-electron chi connectivity index (χ4n) is 3.88. The van der Waals surface area contributed by atoms with Crippen molar-refractivity contribution in [1.29, 1.82) is 0 Å². The van der Waals surface area contributed by atoms with Crippen molar-refractivity contribution < 1.29 is 24.2 Å². The molecule has 1 aliphatic rings. The number of aliphatic hydroxyl groups is 1. The van der Waals surface area contributed by atoms with E-state index in [0.29, 0.717) is 37.3 Å². The number of hydrogen-bond acceptors (Lipinski definition) is 6. The molecule has 4 rings (SSSR count). The number of aliphatic carboxylic acids is 1. The Bertz CT molecular complexity index is 1190. The lowest BCUT2D eigenvalue weighted by Gasteiger charge is -2.21. The number of aryl methyl sites for hydroxylation is 3. The number of aromatic amines is 1. The van der Waals surface area contributed by atoms with Gasteiger partial charge in [0.1, 0.15) is 11.3 Å². The maximum Gasteiger partial charge on any atom is 0.349 e. The van der Waals surface area contributed by atoms with Gasteiger partial charge in [0.2, 0.25) is 0 Å². The maximum atomic E-state index is 12.5. The molecular formula is C24H29N3O6. The average Bonchev–Trinajstić information content (AvgIpc) is 3.37. The van der Waals surface area contributed by atoms with Crippen molar-refractivity contribution >= 4 is 22.8 Å². The molecule has 3 aromatic rings. The van der Waals surface area contributed by atoms with Gasteiger partial charge in [-0.1, -0.05) is 18.2 Å². The number of carbonyl (C=O) groups excluding carboxylic acids is 1. The molecule has 1 aromatic carbocycles. The second-order valence-corrected chi connectivity index (χ2v) is 8.27. The molecule has 1 amide bonds. The quantitative estimate of drug-likeness (QED) is 0.381. The van der Waals surface area contributed by atoms with E-state index in [4.69, 9.17) is 14.3 Å². The first-order valence-corrected chi connectivity index (χ1v) is 10.8. The molecule has 0 saturated carbocycles. The van der Waals surface area contributed by atoms with Crippen LogP contribution >= 0.6 is 0 Å². The van der Waals surface area contributed by atoms with Gasteiger partial charge in [0.15, 0.2) is 0 Å². The van der Waals surface area contributed by atoms with Gasteiger partial charge in [-0.25, -0.2) is 4.79 Å². The van der Waals surface area contributed by atoms with Crippen LogP contribution in [0.15, 0.2) is 45.7 Å². The first-order valence-electron chi connectivity index (χ1n) is 10.8. The van der Waals surface area contributed by atoms with Gasteiger partial charge in [-0.3, -0.25) is 9.59 Å². The van der Waals surface area contributed by atoms with E-state index in [1.54, 1.807) is 13.0 Å². The predicted octanol–water partition coefficient (Wildman–Crippen LogP) is 1.76. The highest BCUT2D eigenvalue weighted by molar-refractivity contribution is 5.95. The molecule has 3 heterocycles. The summed E-state index contributed by atoms with van der Waals surface area (Å²) in [6.07, 6.45) is 3.82. The minimum Gasteiger partial charge on any atom is -0.481 e. The number of benzene rings is 1. The number of β-amino-alcohol motifs (C(OH)–C–C–N with tert-alkyl or cyclic N) is 1. The predicted molar refractivity (Wildman–Crippen MR) is 124 cm³/mol. The van der Waals surface area contributed by atoms with Crippen molar-refractivity contribution in [1.82, 2.24) is 15.6 Å². The van der Waals surface area contributed by atoms with Crippen LogP contribution in [0.25, 0.3) is 10.9 Å². The highest BCUT2D eigenvalue weighted by atomic mass is 16.4. The molecule has 0 radical (unpaired) electrons. The summed E-state index contributed by atoms with van der Waals surface area (Å²) < 4.78 is 5.42. The number of fused-ring (bicyclic) bond motifs is 1. The summed E-state index contributed by atoms with van der Waals surface area (Å²) in [4.78, 5) is 37.2. The third-order valence-corrected chi connectivity index (χ3v) is 5.54. The third kappa shape index (κ3) is 6.30. The van der Waals surface area contributed by atoms with E-state index < -0.39 is 23.1 Å². The summed E-state index contributed by atoms with van der Waals surface area (Å²) >= 11 is 0. The molecule has 0 bridgehead atoms. The fraction of sp³-hybridized carbons (Fsp3) is 0.375. The lowest BCUT2D eigenvalue weighted by molar-refractivity contribution is -0.134. The Morgan fingerprint density at radius 3 is 2.64 bits per heavy atom. The zero-order valence-electron chi connectivity index (χ0n) is 18.7. The van der Waals surface area contributed by atoms with E-state index in [1.165, 1.54) is 0 Å². The van der Waals surface area contributed by atoms with Gasteiger partial charge >= 0.3 is 5.63 Å². The average molecular weight is 456 g/mol. The lowest BCUT2D eigenvalue weighted by Crippen LogP contribution is -2.45. The van der Waals surface area contributed by atoms with Crippen LogP contribution in [0.3, 0.4) is 0 Å². The second-order valence-electron chi connectivity index (χ2n) is 8.27. The molecular weight excluding hydrogens is 426 g/mol. The molecule has 1 saturated heterocycles. The van der Waals surface area contributed by atoms with Gasteiger partial charge in [-0.05, 0) is 49.6 Å². The van der Waals surface area contributed by atoms with Crippen molar-refractivity contribution in [3.63, 3.8) is 0 Å². The zero-order chi connectivity index (χ0) is 24.0. The number of para-hydroxylation sites is 1. The molecule has 9 heteroatoms. The largest absolute Gasteiger partial charge is 0.481 e. The van der Waals surface area contributed by atoms with Crippen molar-refractivity contribution in [2.45, 2.75) is 38.7 Å². The number of nitrogens with one attached hydrogen (secondary N) is 3. The molecule has 9 nitrogen and oxygen atoms in total. The van der Waals surface area contributed by atoms with Gasteiger partial charge in [-0.15, -0.1) is 0 Å². The first-order chi connectivity index (χ1) is 15.7. The normalized spacial score (nSPS) is 17.4. The van der Waals surface area contributed by atoms with E-state index >= 15 is 0 Å². The molecule has 0 aliphatic carbocycles. The second kappa shape index (κ2) is 10.5. The van der Waals surface area contributed by atoms with E-state index in [1.807, 2.05) is 24.4 Å². The minimum absolute atomic E-state index is 0.00426. The lowest BCUT2D eigenvalue weighted by atomic mass is 10.0. The summed E-state index contributed by atoms with van der Waals surface area (Å²) in [5.74, 6) is -0.798. The molecule has 0 spiro atoms. The molecule has 176 valence electrons. The Hall–Kier alpha value is -3.43. The minimum atomic E-state index is -0.969. The van der Waals surface area contributed by atoms with Crippen LogP contribution in [-0.4, -0.2) is 52.3 Å². The third-order valence-electron chi connectivity index (χ3n) is 5.54. The summed E-state index contributed by atoms with van der Waals surface area (Å²) in [6, 6.07) is 9.81. The van der Waals surface area contributed by atoms with E-state index in [9.17, 15) is 14.7 Å². The summed E-state index contributed by atoms with van der Waals surface area (Å²) in [5, 5.41) is 24.6. The zero-order valence-corrected chi connectivity index (χ0v) is 18.7. The summed E-state index contributed by atoms with van der Waals surface area (Å²) in [6.45, 7) is 4.04. The number of amides is 1. The van der Waals surface area contributed by atoms with Crippen molar-refractivity contribution in [2.24, 2.45) is 0 Å². The van der Waals surface area contributed by atoms with Crippen molar-refractivity contribution in [3.8, 4) is 0 Å². The number of rotatable bonds is 6. The van der Waals surface area contributed by atoms with Crippen molar-refractivity contribution in [3.05, 3.63) is 69.4 Å². The molecule has 1 fully saturated rings. The van der Waals surface area contributed by atoms with Crippen LogP contribution in [0, 0.1) is 6.92 Å². The number of aromatic nitrogens is 1. The maximum absolute atomic E-state index is 12.5. The molecule has 1 atom stereocenters. The smallest absolute Gasteiger partial charge is 0.349 e. The Labute approximate surface area is 190 Å². The first kappa shape index (κ1) is 24.2. The summed E-state index contributed by atoms with van der Waals surface area (Å²) in [7, 11) is 0. The Balaban J connectivity index is 0.000000709. The number of carboxylic acid groups (broad SMARTS) is 1. The van der Waals surface area contributed by atoms with Gasteiger partial charge in [0.25, 0.3) is 11.9 Å². The Kier molecular flexibility index (Phi) is 7.67. The van der Waals surface area contributed by atoms with E-state index in [-0.39, 0.29) is 12.1 Å². The Morgan fingerprint density at radius 1 is 1.24 bits per heavy atom. The number of carbonyl (C=O) groups is 2.